The van der Waals surface area contributed by atoms with Gasteiger partial charge in [-0.15, -0.1) is 0 Å². The van der Waals surface area contributed by atoms with Crippen molar-refractivity contribution in [3.8, 4) is 0 Å². The third kappa shape index (κ3) is 5.94. The number of aliphatic hydroxyl groups excluding tert-OH is 1. The summed E-state index contributed by atoms with van der Waals surface area (Å²) in [6, 6.07) is -0.187. The van der Waals surface area contributed by atoms with Gasteiger partial charge in [0.05, 0.1) is 12.6 Å². The largest absolute Gasteiger partial charge is 0.394 e. The van der Waals surface area contributed by atoms with Gasteiger partial charge in [-0.3, -0.25) is 4.79 Å². The van der Waals surface area contributed by atoms with Crippen molar-refractivity contribution in [1.29, 1.82) is 0 Å². The van der Waals surface area contributed by atoms with Crippen LogP contribution >= 0.6 is 0 Å². The lowest BCUT2D eigenvalue weighted by Crippen LogP contribution is -2.39. The van der Waals surface area contributed by atoms with E-state index in [-0.39, 0.29) is 24.6 Å². The lowest BCUT2D eigenvalue weighted by molar-refractivity contribution is -0.122. The Hall–Kier alpha value is -0.610. The number of carbonyl (C=O) groups excluding carboxylic acids is 1. The first kappa shape index (κ1) is 13.4. The van der Waals surface area contributed by atoms with Crippen molar-refractivity contribution >= 4 is 5.91 Å². The minimum atomic E-state index is -0.128. The molecule has 4 N–H and O–H groups in total. The molecule has 4 heteroatoms. The summed E-state index contributed by atoms with van der Waals surface area (Å²) in [6.07, 6.45) is 2.95. The SMILES string of the molecule is CCCC(N)CC(=O)N[C@H](CC)CO. The molecule has 0 aliphatic heterocycles. The lowest BCUT2D eigenvalue weighted by Gasteiger charge is -2.16. The van der Waals surface area contributed by atoms with Crippen LogP contribution in [0.25, 0.3) is 0 Å². The van der Waals surface area contributed by atoms with Crippen LogP contribution in [0.1, 0.15) is 39.5 Å². The fraction of sp³-hybridized carbons (Fsp3) is 0.900. The van der Waals surface area contributed by atoms with Crippen LogP contribution in [-0.4, -0.2) is 29.7 Å². The maximum absolute atomic E-state index is 11.4. The molecule has 0 aromatic carbocycles. The second kappa shape index (κ2) is 7.76. The highest BCUT2D eigenvalue weighted by Crippen LogP contribution is 1.99. The van der Waals surface area contributed by atoms with E-state index in [4.69, 9.17) is 10.8 Å². The Morgan fingerprint density at radius 2 is 2.14 bits per heavy atom. The zero-order chi connectivity index (χ0) is 11.0. The summed E-state index contributed by atoms with van der Waals surface area (Å²) >= 11 is 0. The Kier molecular flexibility index (Phi) is 7.42. The molecule has 0 heterocycles. The molecule has 0 saturated heterocycles. The molecular formula is C10H22N2O2. The van der Waals surface area contributed by atoms with Gasteiger partial charge in [-0.2, -0.15) is 0 Å². The van der Waals surface area contributed by atoms with E-state index in [2.05, 4.69) is 5.32 Å². The molecule has 0 aromatic heterocycles. The Morgan fingerprint density at radius 1 is 1.50 bits per heavy atom. The van der Waals surface area contributed by atoms with Gasteiger partial charge in [-0.25, -0.2) is 0 Å². The van der Waals surface area contributed by atoms with Crippen molar-refractivity contribution in [1.82, 2.24) is 5.32 Å². The number of hydrogen-bond acceptors (Lipinski definition) is 3. The molecule has 1 unspecified atom stereocenters. The first-order valence-corrected chi connectivity index (χ1v) is 5.29. The zero-order valence-corrected chi connectivity index (χ0v) is 9.12. The highest BCUT2D eigenvalue weighted by molar-refractivity contribution is 5.76. The number of nitrogens with two attached hydrogens (primary N) is 1. The van der Waals surface area contributed by atoms with Crippen LogP contribution in [0.2, 0.25) is 0 Å². The standard InChI is InChI=1S/C10H22N2O2/c1-3-5-8(11)6-10(14)12-9(4-2)7-13/h8-9,13H,3-7,11H2,1-2H3,(H,12,14)/t8?,9-/m1/s1. The van der Waals surface area contributed by atoms with Crippen LogP contribution in [0.4, 0.5) is 0 Å². The molecule has 14 heavy (non-hydrogen) atoms. The average molecular weight is 202 g/mol. The Morgan fingerprint density at radius 3 is 2.57 bits per heavy atom. The van der Waals surface area contributed by atoms with Crippen molar-refractivity contribution in [3.05, 3.63) is 0 Å². The molecule has 0 radical (unpaired) electrons. The summed E-state index contributed by atoms with van der Waals surface area (Å²) in [7, 11) is 0. The molecule has 1 amide bonds. The van der Waals surface area contributed by atoms with Crippen molar-refractivity contribution in [3.63, 3.8) is 0 Å². The molecule has 2 atom stereocenters. The summed E-state index contributed by atoms with van der Waals surface area (Å²) < 4.78 is 0. The van der Waals surface area contributed by atoms with Crippen LogP contribution in [-0.2, 0) is 4.79 Å². The van der Waals surface area contributed by atoms with Crippen LogP contribution < -0.4 is 11.1 Å². The predicted octanol–water partition coefficient (Wildman–Crippen LogP) is 0.391. The minimum absolute atomic E-state index is 0.00867. The van der Waals surface area contributed by atoms with E-state index >= 15 is 0 Å². The maximum atomic E-state index is 11.4. The monoisotopic (exact) mass is 202 g/mol. The fourth-order valence-corrected chi connectivity index (χ4v) is 1.27. The van der Waals surface area contributed by atoms with Gasteiger partial charge in [-0.05, 0) is 12.8 Å². The van der Waals surface area contributed by atoms with Crippen molar-refractivity contribution in [2.45, 2.75) is 51.6 Å². The molecule has 0 aromatic rings. The molecule has 84 valence electrons. The molecular weight excluding hydrogens is 180 g/mol. The summed E-state index contributed by atoms with van der Waals surface area (Å²) in [5.74, 6) is -0.0631. The molecule has 0 aliphatic rings. The molecule has 0 saturated carbocycles. The van der Waals surface area contributed by atoms with Crippen LogP contribution in [0.3, 0.4) is 0 Å². The quantitative estimate of drug-likeness (QED) is 0.559. The molecule has 0 aliphatic carbocycles. The van der Waals surface area contributed by atoms with Gasteiger partial charge in [0.15, 0.2) is 0 Å². The van der Waals surface area contributed by atoms with E-state index in [1.165, 1.54) is 0 Å². The Bertz CT molecular complexity index is 158. The van der Waals surface area contributed by atoms with E-state index in [0.717, 1.165) is 19.3 Å². The third-order valence-electron chi connectivity index (χ3n) is 2.19. The van der Waals surface area contributed by atoms with Gasteiger partial charge < -0.3 is 16.2 Å². The molecule has 0 bridgehead atoms. The highest BCUT2D eigenvalue weighted by atomic mass is 16.3. The second-order valence-electron chi connectivity index (χ2n) is 3.61. The number of nitrogens with one attached hydrogen (secondary N) is 1. The van der Waals surface area contributed by atoms with E-state index in [9.17, 15) is 4.79 Å². The molecule has 4 nitrogen and oxygen atoms in total. The van der Waals surface area contributed by atoms with Gasteiger partial charge in [0.1, 0.15) is 0 Å². The fourth-order valence-electron chi connectivity index (χ4n) is 1.27. The molecule has 0 rings (SSSR count). The van der Waals surface area contributed by atoms with Crippen LogP contribution in [0.15, 0.2) is 0 Å². The summed E-state index contributed by atoms with van der Waals surface area (Å²) in [4.78, 5) is 11.4. The van der Waals surface area contributed by atoms with E-state index in [1.54, 1.807) is 0 Å². The Balaban J connectivity index is 3.73. The summed E-state index contributed by atoms with van der Waals surface area (Å²) in [5.41, 5.74) is 5.72. The van der Waals surface area contributed by atoms with E-state index < -0.39 is 0 Å². The Labute approximate surface area is 85.9 Å². The van der Waals surface area contributed by atoms with Gasteiger partial charge in [0.25, 0.3) is 0 Å². The second-order valence-corrected chi connectivity index (χ2v) is 3.61. The highest BCUT2D eigenvalue weighted by Gasteiger charge is 2.12. The van der Waals surface area contributed by atoms with Crippen LogP contribution in [0.5, 0.6) is 0 Å². The predicted molar refractivity (Wildman–Crippen MR) is 56.8 cm³/mol. The van der Waals surface area contributed by atoms with E-state index in [1.807, 2.05) is 13.8 Å². The van der Waals surface area contributed by atoms with E-state index in [0.29, 0.717) is 6.42 Å². The summed E-state index contributed by atoms with van der Waals surface area (Å²) in [6.45, 7) is 3.96. The number of rotatable bonds is 7. The van der Waals surface area contributed by atoms with Gasteiger partial charge in [0.2, 0.25) is 5.91 Å². The maximum Gasteiger partial charge on any atom is 0.221 e. The normalized spacial score (nSPS) is 14.9. The van der Waals surface area contributed by atoms with Crippen molar-refractivity contribution in [2.24, 2.45) is 5.73 Å². The van der Waals surface area contributed by atoms with Crippen molar-refractivity contribution < 1.29 is 9.90 Å². The molecule has 0 spiro atoms. The van der Waals surface area contributed by atoms with Gasteiger partial charge >= 0.3 is 0 Å². The molecule has 0 fully saturated rings. The third-order valence-corrected chi connectivity index (χ3v) is 2.19. The van der Waals surface area contributed by atoms with Gasteiger partial charge in [-0.1, -0.05) is 20.3 Å². The number of carbonyl (C=O) groups is 1. The first-order valence-electron chi connectivity index (χ1n) is 5.29. The van der Waals surface area contributed by atoms with Crippen molar-refractivity contribution in [2.75, 3.05) is 6.61 Å². The van der Waals surface area contributed by atoms with Crippen LogP contribution in [0, 0.1) is 0 Å². The lowest BCUT2D eigenvalue weighted by atomic mass is 10.1. The summed E-state index contributed by atoms with van der Waals surface area (Å²) in [5, 5.41) is 11.6. The topological polar surface area (TPSA) is 75.4 Å². The first-order chi connectivity index (χ1) is 6.63. The number of hydrogen-bond donors (Lipinski definition) is 3. The zero-order valence-electron chi connectivity index (χ0n) is 9.12. The average Bonchev–Trinajstić information content (AvgIpc) is 2.14. The number of amides is 1. The smallest absolute Gasteiger partial charge is 0.221 e. The minimum Gasteiger partial charge on any atom is -0.394 e. The number of aliphatic hydroxyl groups is 1. The van der Waals surface area contributed by atoms with Gasteiger partial charge in [0, 0.05) is 12.5 Å².